The van der Waals surface area contributed by atoms with Gasteiger partial charge < -0.3 is 4.74 Å². The fourth-order valence-corrected chi connectivity index (χ4v) is 4.37. The highest BCUT2D eigenvalue weighted by molar-refractivity contribution is 7.79. The lowest BCUT2D eigenvalue weighted by atomic mass is 10.0. The van der Waals surface area contributed by atoms with E-state index in [0.29, 0.717) is 12.2 Å². The van der Waals surface area contributed by atoms with Crippen molar-refractivity contribution in [1.29, 1.82) is 0 Å². The van der Waals surface area contributed by atoms with E-state index in [1.807, 2.05) is 0 Å². The molecule has 5 nitrogen and oxygen atoms in total. The Labute approximate surface area is 213 Å². The Bertz CT molecular complexity index is 445. The van der Waals surface area contributed by atoms with Gasteiger partial charge >= 0.3 is 10.4 Å². The number of hydrogen-bond acceptors (Lipinski definition) is 3. The zero-order valence-electron chi connectivity index (χ0n) is 23.2. The minimum absolute atomic E-state index is 0.446. The minimum Gasteiger partial charge on any atom is -0.376 e. The second-order valence-corrected chi connectivity index (χ2v) is 11.0. The van der Waals surface area contributed by atoms with E-state index >= 15 is 0 Å². The summed E-state index contributed by atoms with van der Waals surface area (Å²) < 4.78 is 37.8. The first-order valence-corrected chi connectivity index (χ1v) is 16.0. The minimum atomic E-state index is -4.67. The molecule has 0 spiro atoms. The highest BCUT2D eigenvalue weighted by atomic mass is 32.3. The first-order valence-electron chi connectivity index (χ1n) is 14.6. The molecule has 0 rings (SSSR count). The van der Waals surface area contributed by atoms with Crippen LogP contribution in [0.2, 0.25) is 0 Å². The van der Waals surface area contributed by atoms with Crippen LogP contribution in [-0.2, 0) is 15.1 Å². The van der Waals surface area contributed by atoms with Crippen LogP contribution >= 0.6 is 0 Å². The van der Waals surface area contributed by atoms with E-state index in [1.54, 1.807) is 0 Å². The molecule has 0 saturated heterocycles. The third kappa shape index (κ3) is 39.1. The summed E-state index contributed by atoms with van der Waals surface area (Å²) in [5, 5.41) is 0. The topological polar surface area (TPSA) is 83.8 Å². The number of hydrogen-bond donors (Lipinski definition) is 2. The van der Waals surface area contributed by atoms with Crippen molar-refractivity contribution in [2.45, 2.75) is 181 Å². The molecule has 0 amide bonds. The summed E-state index contributed by atoms with van der Waals surface area (Å²) in [6.07, 6.45) is 31.8. The molecule has 0 aromatic rings. The quantitative estimate of drug-likeness (QED) is 0.100. The van der Waals surface area contributed by atoms with Crippen LogP contribution < -0.4 is 0 Å². The second kappa shape index (κ2) is 27.4. The predicted molar refractivity (Wildman–Crippen MR) is 147 cm³/mol. The Balaban J connectivity index is 0. The average molecular weight is 509 g/mol. The molecule has 6 heteroatoms. The van der Waals surface area contributed by atoms with E-state index < -0.39 is 10.4 Å². The molecule has 0 fully saturated rings. The van der Waals surface area contributed by atoms with Gasteiger partial charge in [0.25, 0.3) is 0 Å². The van der Waals surface area contributed by atoms with Crippen molar-refractivity contribution in [2.24, 2.45) is 0 Å². The van der Waals surface area contributed by atoms with Gasteiger partial charge in [-0.2, -0.15) is 8.42 Å². The Hall–Kier alpha value is -0.170. The molecule has 0 bridgehead atoms. The van der Waals surface area contributed by atoms with Crippen LogP contribution in [0.15, 0.2) is 0 Å². The molecule has 2 unspecified atom stereocenters. The van der Waals surface area contributed by atoms with Crippen molar-refractivity contribution in [1.82, 2.24) is 0 Å². The monoisotopic (exact) mass is 508 g/mol. The van der Waals surface area contributed by atoms with Crippen molar-refractivity contribution in [3.63, 3.8) is 0 Å². The first kappa shape index (κ1) is 36.0. The molecule has 34 heavy (non-hydrogen) atoms. The molecule has 0 radical (unpaired) electrons. The molecule has 2 N–H and O–H groups in total. The van der Waals surface area contributed by atoms with Gasteiger partial charge in [0.05, 0.1) is 12.2 Å². The molecule has 2 atom stereocenters. The van der Waals surface area contributed by atoms with Crippen LogP contribution in [-0.4, -0.2) is 29.7 Å². The number of rotatable bonds is 24. The normalized spacial score (nSPS) is 13.4. The Morgan fingerprint density at radius 2 is 0.706 bits per heavy atom. The van der Waals surface area contributed by atoms with Crippen LogP contribution in [0, 0.1) is 0 Å². The number of ether oxygens (including phenoxy) is 1. The third-order valence-corrected chi connectivity index (χ3v) is 6.39. The molecular formula is C28H60O5S. The maximum absolute atomic E-state index is 8.74. The van der Waals surface area contributed by atoms with Crippen molar-refractivity contribution in [2.75, 3.05) is 0 Å². The first-order chi connectivity index (χ1) is 16.2. The SMILES string of the molecule is CCCCCCCCCCCCC(C)OC(C)CCCCCCCCCCCC.O=S(=O)(O)O. The fourth-order valence-electron chi connectivity index (χ4n) is 4.37. The van der Waals surface area contributed by atoms with Gasteiger partial charge in [0.2, 0.25) is 0 Å². The smallest absolute Gasteiger partial charge is 0.376 e. The molecule has 0 aliphatic carbocycles. The lowest BCUT2D eigenvalue weighted by molar-refractivity contribution is -0.00232. The zero-order valence-corrected chi connectivity index (χ0v) is 24.1. The van der Waals surface area contributed by atoms with Crippen LogP contribution in [0.5, 0.6) is 0 Å². The highest BCUT2D eigenvalue weighted by Gasteiger charge is 2.08. The lowest BCUT2D eigenvalue weighted by Gasteiger charge is -2.19. The maximum Gasteiger partial charge on any atom is 0.394 e. The second-order valence-electron chi connectivity index (χ2n) is 10.1. The summed E-state index contributed by atoms with van der Waals surface area (Å²) in [7, 11) is -4.67. The predicted octanol–water partition coefficient (Wildman–Crippen LogP) is 9.75. The average Bonchev–Trinajstić information content (AvgIpc) is 2.75. The molecule has 0 aromatic heterocycles. The standard InChI is InChI=1S/C28H58O.H2O4S/c1-5-7-9-11-13-15-17-19-21-23-25-27(3)29-28(4)26-24-22-20-18-16-14-12-10-8-6-2;1-5(2,3)4/h27-28H,5-26H2,1-4H3;(H2,1,2,3,4). The molecule has 0 saturated carbocycles. The van der Waals surface area contributed by atoms with E-state index in [9.17, 15) is 0 Å². The van der Waals surface area contributed by atoms with E-state index in [0.717, 1.165) is 0 Å². The fraction of sp³-hybridized carbons (Fsp3) is 1.00. The van der Waals surface area contributed by atoms with Crippen LogP contribution in [0.4, 0.5) is 0 Å². The van der Waals surface area contributed by atoms with Crippen molar-refractivity contribution < 1.29 is 22.3 Å². The molecular weight excluding hydrogens is 448 g/mol. The molecule has 0 aromatic carbocycles. The van der Waals surface area contributed by atoms with Gasteiger partial charge in [-0.1, -0.05) is 142 Å². The van der Waals surface area contributed by atoms with Crippen LogP contribution in [0.1, 0.15) is 169 Å². The van der Waals surface area contributed by atoms with Gasteiger partial charge in [0.1, 0.15) is 0 Å². The maximum atomic E-state index is 8.74. The summed E-state index contributed by atoms with van der Waals surface area (Å²) in [6.45, 7) is 9.15. The van der Waals surface area contributed by atoms with Crippen molar-refractivity contribution in [3.05, 3.63) is 0 Å². The van der Waals surface area contributed by atoms with E-state index in [4.69, 9.17) is 22.3 Å². The van der Waals surface area contributed by atoms with Gasteiger partial charge in [-0.3, -0.25) is 9.11 Å². The van der Waals surface area contributed by atoms with Gasteiger partial charge in [-0.05, 0) is 26.7 Å². The summed E-state index contributed by atoms with van der Waals surface area (Å²) in [5.41, 5.74) is 0. The lowest BCUT2D eigenvalue weighted by Crippen LogP contribution is -2.17. The van der Waals surface area contributed by atoms with Crippen LogP contribution in [0.3, 0.4) is 0 Å². The zero-order chi connectivity index (χ0) is 25.9. The number of unbranched alkanes of at least 4 members (excludes halogenated alkanes) is 18. The van der Waals surface area contributed by atoms with Gasteiger partial charge in [0.15, 0.2) is 0 Å². The van der Waals surface area contributed by atoms with E-state index in [2.05, 4.69) is 27.7 Å². The largest absolute Gasteiger partial charge is 0.394 e. The molecule has 0 heterocycles. The highest BCUT2D eigenvalue weighted by Crippen LogP contribution is 2.16. The van der Waals surface area contributed by atoms with Crippen molar-refractivity contribution in [3.8, 4) is 0 Å². The Morgan fingerprint density at radius 1 is 0.500 bits per heavy atom. The molecule has 0 aliphatic heterocycles. The van der Waals surface area contributed by atoms with Crippen molar-refractivity contribution >= 4 is 10.4 Å². The summed E-state index contributed by atoms with van der Waals surface area (Å²) >= 11 is 0. The van der Waals surface area contributed by atoms with E-state index in [1.165, 1.54) is 141 Å². The van der Waals surface area contributed by atoms with Gasteiger partial charge in [0, 0.05) is 0 Å². The Kier molecular flexibility index (Phi) is 29.0. The van der Waals surface area contributed by atoms with Crippen LogP contribution in [0.25, 0.3) is 0 Å². The molecule has 208 valence electrons. The Morgan fingerprint density at radius 3 is 0.941 bits per heavy atom. The third-order valence-electron chi connectivity index (χ3n) is 6.39. The van der Waals surface area contributed by atoms with Gasteiger partial charge in [-0.15, -0.1) is 0 Å². The van der Waals surface area contributed by atoms with Gasteiger partial charge in [-0.25, -0.2) is 0 Å². The summed E-state index contributed by atoms with van der Waals surface area (Å²) in [4.78, 5) is 0. The van der Waals surface area contributed by atoms with E-state index in [-0.39, 0.29) is 0 Å². The summed E-state index contributed by atoms with van der Waals surface area (Å²) in [6, 6.07) is 0. The summed E-state index contributed by atoms with van der Waals surface area (Å²) in [5.74, 6) is 0. The molecule has 0 aliphatic rings.